The maximum Gasteiger partial charge on any atom is 0.250 e. The Morgan fingerprint density at radius 3 is 1.12 bits per heavy atom. The van der Waals surface area contributed by atoms with Crippen LogP contribution in [0.5, 0.6) is 0 Å². The van der Waals surface area contributed by atoms with Gasteiger partial charge in [-0.05, 0) is 0 Å². The van der Waals surface area contributed by atoms with E-state index in [0.717, 1.165) is 0 Å². The van der Waals surface area contributed by atoms with Crippen molar-refractivity contribution in [2.75, 3.05) is 0 Å². The second-order valence-corrected chi connectivity index (χ2v) is 2.50. The molecule has 0 aromatic heterocycles. The highest BCUT2D eigenvalue weighted by Gasteiger charge is 2.40. The second-order valence-electron chi connectivity index (χ2n) is 1.35. The van der Waals surface area contributed by atoms with Gasteiger partial charge in [0.25, 0.3) is 0 Å². The van der Waals surface area contributed by atoms with Gasteiger partial charge in [-0.15, -0.1) is 0 Å². The molecule has 0 rings (SSSR count). The first-order chi connectivity index (χ1) is 3.25. The summed E-state index contributed by atoms with van der Waals surface area (Å²) in [6.45, 7) is 0. The molecule has 50 valence electrons. The lowest BCUT2D eigenvalue weighted by Crippen LogP contribution is -2.58. The van der Waals surface area contributed by atoms with E-state index < -0.39 is 10.4 Å². The fourth-order valence-corrected chi connectivity index (χ4v) is 0. The lowest BCUT2D eigenvalue weighted by atomic mass is 10.5. The molecule has 0 amide bonds. The Morgan fingerprint density at radius 1 is 1.00 bits per heavy atom. The van der Waals surface area contributed by atoms with Crippen LogP contribution < -0.4 is 11.5 Å². The van der Waals surface area contributed by atoms with Gasteiger partial charge in [0.1, 0.15) is 0 Å². The van der Waals surface area contributed by atoms with Crippen molar-refractivity contribution in [1.29, 1.82) is 0 Å². The number of halogens is 2. The van der Waals surface area contributed by atoms with Crippen molar-refractivity contribution in [3.63, 3.8) is 0 Å². The number of hydrogen-bond donors (Lipinski definition) is 4. The third-order valence-electron chi connectivity index (χ3n) is 0.492. The van der Waals surface area contributed by atoms with Crippen molar-refractivity contribution in [2.45, 2.75) is 10.4 Å². The highest BCUT2D eigenvalue weighted by atomic mass is 35.5. The molecule has 0 heterocycles. The van der Waals surface area contributed by atoms with Gasteiger partial charge in [0.2, 0.25) is 10.4 Å². The van der Waals surface area contributed by atoms with Crippen molar-refractivity contribution in [3.8, 4) is 0 Å². The Hall–Kier alpha value is 0.420. The SMILES string of the molecule is NC(O)(Cl)C(N)(O)Cl. The van der Waals surface area contributed by atoms with Gasteiger partial charge in [0, 0.05) is 0 Å². The summed E-state index contributed by atoms with van der Waals surface area (Å²) in [5.74, 6) is 0. The quantitative estimate of drug-likeness (QED) is 0.218. The van der Waals surface area contributed by atoms with Crippen LogP contribution in [0.15, 0.2) is 0 Å². The van der Waals surface area contributed by atoms with Gasteiger partial charge in [-0.1, -0.05) is 23.2 Å². The standard InChI is InChI=1S/C2H6Cl2N2O2/c3-1(5,7)2(4,6)8/h7-8H,5-6H2. The van der Waals surface area contributed by atoms with Crippen LogP contribution in [-0.2, 0) is 0 Å². The van der Waals surface area contributed by atoms with E-state index in [-0.39, 0.29) is 0 Å². The van der Waals surface area contributed by atoms with E-state index in [1.807, 2.05) is 0 Å². The Labute approximate surface area is 56.0 Å². The smallest absolute Gasteiger partial charge is 0.250 e. The monoisotopic (exact) mass is 160 g/mol. The summed E-state index contributed by atoms with van der Waals surface area (Å²) >= 11 is 9.67. The largest absolute Gasteiger partial charge is 0.359 e. The van der Waals surface area contributed by atoms with Crippen LogP contribution in [0.3, 0.4) is 0 Å². The normalized spacial score (nSPS) is 26.2. The molecule has 2 atom stereocenters. The third kappa shape index (κ3) is 2.13. The van der Waals surface area contributed by atoms with E-state index in [1.165, 1.54) is 0 Å². The Kier molecular flexibility index (Phi) is 2.09. The molecule has 0 radical (unpaired) electrons. The van der Waals surface area contributed by atoms with Gasteiger partial charge in [0.15, 0.2) is 0 Å². The van der Waals surface area contributed by atoms with Crippen LogP contribution in [0.2, 0.25) is 0 Å². The minimum absolute atomic E-state index is 2.49. The molecule has 0 aliphatic heterocycles. The molecule has 0 aromatic carbocycles. The zero-order chi connectivity index (χ0) is 7.00. The molecular weight excluding hydrogens is 155 g/mol. The van der Waals surface area contributed by atoms with Crippen molar-refractivity contribution in [1.82, 2.24) is 0 Å². The molecule has 2 unspecified atom stereocenters. The summed E-state index contributed by atoms with van der Waals surface area (Å²) in [7, 11) is 0. The minimum Gasteiger partial charge on any atom is -0.359 e. The molecular formula is C2H6Cl2N2O2. The first kappa shape index (κ1) is 8.42. The Morgan fingerprint density at radius 2 is 1.12 bits per heavy atom. The molecule has 0 spiro atoms. The Balaban J connectivity index is 4.02. The lowest BCUT2D eigenvalue weighted by molar-refractivity contribution is -0.0356. The molecule has 6 heteroatoms. The molecule has 4 nitrogen and oxygen atoms in total. The third-order valence-corrected chi connectivity index (χ3v) is 1.16. The molecule has 0 bridgehead atoms. The van der Waals surface area contributed by atoms with E-state index in [2.05, 4.69) is 11.5 Å². The molecule has 0 fully saturated rings. The zero-order valence-corrected chi connectivity index (χ0v) is 5.32. The average molecular weight is 161 g/mol. The van der Waals surface area contributed by atoms with Crippen molar-refractivity contribution in [2.24, 2.45) is 11.5 Å². The molecule has 0 aliphatic rings. The predicted octanol–water partition coefficient (Wildman–Crippen LogP) is -1.33. The van der Waals surface area contributed by atoms with Gasteiger partial charge in [0.05, 0.1) is 0 Å². The average Bonchev–Trinajstić information content (AvgIpc) is 1.25. The number of hydrogen-bond acceptors (Lipinski definition) is 4. The Bertz CT molecular complexity index is 71.0. The maximum atomic E-state index is 8.39. The molecule has 0 saturated heterocycles. The number of alkyl halides is 2. The van der Waals surface area contributed by atoms with Crippen LogP contribution in [0.1, 0.15) is 0 Å². The van der Waals surface area contributed by atoms with Gasteiger partial charge < -0.3 is 10.2 Å². The predicted molar refractivity (Wildman–Crippen MR) is 30.0 cm³/mol. The highest BCUT2D eigenvalue weighted by molar-refractivity contribution is 6.32. The first-order valence-electron chi connectivity index (χ1n) is 1.65. The molecule has 0 saturated carbocycles. The van der Waals surface area contributed by atoms with Crippen LogP contribution in [0.4, 0.5) is 0 Å². The number of rotatable bonds is 1. The topological polar surface area (TPSA) is 92.5 Å². The first-order valence-corrected chi connectivity index (χ1v) is 2.41. The summed E-state index contributed by atoms with van der Waals surface area (Å²) in [6.07, 6.45) is 0. The van der Waals surface area contributed by atoms with Gasteiger partial charge in [-0.25, -0.2) is 0 Å². The second kappa shape index (κ2) is 1.98. The zero-order valence-electron chi connectivity index (χ0n) is 3.81. The van der Waals surface area contributed by atoms with Gasteiger partial charge >= 0.3 is 0 Å². The fraction of sp³-hybridized carbons (Fsp3) is 1.00. The summed E-state index contributed by atoms with van der Waals surface area (Å²) in [6, 6.07) is 0. The van der Waals surface area contributed by atoms with Crippen LogP contribution in [0, 0.1) is 0 Å². The van der Waals surface area contributed by atoms with Crippen molar-refractivity contribution < 1.29 is 10.2 Å². The summed E-state index contributed by atoms with van der Waals surface area (Å²) in [5.41, 5.74) is 9.25. The lowest BCUT2D eigenvalue weighted by Gasteiger charge is -2.25. The van der Waals surface area contributed by atoms with E-state index >= 15 is 0 Å². The van der Waals surface area contributed by atoms with E-state index in [9.17, 15) is 0 Å². The van der Waals surface area contributed by atoms with E-state index in [0.29, 0.717) is 0 Å². The van der Waals surface area contributed by atoms with Gasteiger partial charge in [-0.3, -0.25) is 11.5 Å². The molecule has 8 heavy (non-hydrogen) atoms. The van der Waals surface area contributed by atoms with Crippen molar-refractivity contribution in [3.05, 3.63) is 0 Å². The fourth-order valence-electron chi connectivity index (χ4n) is 0. The van der Waals surface area contributed by atoms with Crippen LogP contribution >= 0.6 is 23.2 Å². The van der Waals surface area contributed by atoms with Gasteiger partial charge in [-0.2, -0.15) is 0 Å². The van der Waals surface area contributed by atoms with E-state index in [1.54, 1.807) is 0 Å². The number of nitrogens with two attached hydrogens (primary N) is 2. The maximum absolute atomic E-state index is 8.39. The molecule has 0 aliphatic carbocycles. The van der Waals surface area contributed by atoms with Crippen molar-refractivity contribution >= 4 is 23.2 Å². The number of aliphatic hydroxyl groups is 2. The summed E-state index contributed by atoms with van der Waals surface area (Å²) < 4.78 is 0. The molecule has 0 aromatic rings. The highest BCUT2D eigenvalue weighted by Crippen LogP contribution is 2.19. The van der Waals surface area contributed by atoms with E-state index in [4.69, 9.17) is 33.4 Å². The summed E-state index contributed by atoms with van der Waals surface area (Å²) in [4.78, 5) is 0. The minimum atomic E-state index is -2.49. The van der Waals surface area contributed by atoms with Crippen LogP contribution in [-0.4, -0.2) is 20.6 Å². The summed E-state index contributed by atoms with van der Waals surface area (Å²) in [5, 5.41) is 11.8. The van der Waals surface area contributed by atoms with Crippen LogP contribution in [0.25, 0.3) is 0 Å². The molecule has 6 N–H and O–H groups in total.